The van der Waals surface area contributed by atoms with E-state index in [9.17, 15) is 4.79 Å². The molecule has 1 amide bonds. The summed E-state index contributed by atoms with van der Waals surface area (Å²) in [5.41, 5.74) is 4.98. The predicted molar refractivity (Wildman–Crippen MR) is 102 cm³/mol. The lowest BCUT2D eigenvalue weighted by Crippen LogP contribution is -2.29. The third-order valence-corrected chi connectivity index (χ3v) is 4.74. The number of hydrogen-bond acceptors (Lipinski definition) is 4. The van der Waals surface area contributed by atoms with Gasteiger partial charge in [0.25, 0.3) is 5.91 Å². The first-order valence-electron chi connectivity index (χ1n) is 8.74. The normalized spacial score (nSPS) is 12.7. The maximum atomic E-state index is 12.7. The fourth-order valence-electron chi connectivity index (χ4n) is 3.22. The fourth-order valence-corrected chi connectivity index (χ4v) is 3.22. The maximum Gasteiger partial charge on any atom is 0.278 e. The quantitative estimate of drug-likeness (QED) is 0.786. The monoisotopic (exact) mass is 344 g/mol. The number of nitrogens with zero attached hydrogens (tertiary/aromatic N) is 3. The van der Waals surface area contributed by atoms with E-state index in [1.807, 2.05) is 30.3 Å². The molecule has 5 heteroatoms. The van der Waals surface area contributed by atoms with Crippen LogP contribution in [0.5, 0.6) is 0 Å². The van der Waals surface area contributed by atoms with Crippen LogP contribution < -0.4 is 10.2 Å². The van der Waals surface area contributed by atoms with Crippen molar-refractivity contribution >= 4 is 17.4 Å². The van der Waals surface area contributed by atoms with Crippen LogP contribution in [0.2, 0.25) is 0 Å². The van der Waals surface area contributed by atoms with Crippen molar-refractivity contribution in [2.24, 2.45) is 0 Å². The molecular formula is C21H20N4O. The summed E-state index contributed by atoms with van der Waals surface area (Å²) in [6.45, 7) is 3.44. The van der Waals surface area contributed by atoms with Crippen LogP contribution in [-0.4, -0.2) is 22.6 Å². The van der Waals surface area contributed by atoms with E-state index >= 15 is 0 Å². The molecule has 1 aliphatic rings. The van der Waals surface area contributed by atoms with Crippen LogP contribution in [-0.2, 0) is 13.0 Å². The van der Waals surface area contributed by atoms with Crippen LogP contribution >= 0.6 is 0 Å². The van der Waals surface area contributed by atoms with Gasteiger partial charge < -0.3 is 10.2 Å². The van der Waals surface area contributed by atoms with Gasteiger partial charge in [-0.05, 0) is 48.2 Å². The van der Waals surface area contributed by atoms with Gasteiger partial charge in [0.2, 0.25) is 0 Å². The second-order valence-electron chi connectivity index (χ2n) is 6.42. The first-order chi connectivity index (χ1) is 12.7. The van der Waals surface area contributed by atoms with Gasteiger partial charge in [0.15, 0.2) is 5.69 Å². The number of amides is 1. The van der Waals surface area contributed by atoms with Gasteiger partial charge in [0.05, 0.1) is 0 Å². The molecule has 0 unspecified atom stereocenters. The molecule has 0 atom stereocenters. The van der Waals surface area contributed by atoms with Gasteiger partial charge in [-0.15, -0.1) is 10.2 Å². The highest BCUT2D eigenvalue weighted by molar-refractivity contribution is 6.06. The van der Waals surface area contributed by atoms with E-state index in [1.165, 1.54) is 16.7 Å². The van der Waals surface area contributed by atoms with Crippen LogP contribution in [0.15, 0.2) is 60.7 Å². The Morgan fingerprint density at radius 3 is 2.65 bits per heavy atom. The molecule has 0 bridgehead atoms. The highest BCUT2D eigenvalue weighted by atomic mass is 16.2. The van der Waals surface area contributed by atoms with E-state index in [2.05, 4.69) is 40.6 Å². The summed E-state index contributed by atoms with van der Waals surface area (Å²) in [5, 5.41) is 11.5. The number of rotatable bonds is 4. The van der Waals surface area contributed by atoms with Gasteiger partial charge in [0.1, 0.15) is 5.82 Å². The lowest BCUT2D eigenvalue weighted by molar-refractivity contribution is 0.0983. The van der Waals surface area contributed by atoms with Crippen molar-refractivity contribution in [2.75, 3.05) is 16.8 Å². The maximum absolute atomic E-state index is 12.7. The van der Waals surface area contributed by atoms with Crippen molar-refractivity contribution in [1.29, 1.82) is 0 Å². The number of para-hydroxylation sites is 1. The smallest absolute Gasteiger partial charge is 0.278 e. The molecule has 5 nitrogen and oxygen atoms in total. The number of benzene rings is 2. The Bertz CT molecular complexity index is 937. The minimum Gasteiger partial charge on any atom is -0.364 e. The molecule has 0 radical (unpaired) electrons. The Hall–Kier alpha value is -3.21. The minimum atomic E-state index is -0.104. The molecule has 0 fully saturated rings. The molecule has 0 saturated heterocycles. The number of fused-ring (bicyclic) bond motifs is 1. The van der Waals surface area contributed by atoms with Gasteiger partial charge in [0, 0.05) is 18.8 Å². The molecule has 2 heterocycles. The van der Waals surface area contributed by atoms with Crippen molar-refractivity contribution in [3.05, 3.63) is 83.0 Å². The third-order valence-electron chi connectivity index (χ3n) is 4.74. The number of aryl methyl sites for hydroxylation is 1. The van der Waals surface area contributed by atoms with Gasteiger partial charge in [-0.25, -0.2) is 0 Å². The number of carbonyl (C=O) groups excluding carboxylic acids is 1. The second-order valence-corrected chi connectivity index (χ2v) is 6.42. The van der Waals surface area contributed by atoms with E-state index in [0.717, 1.165) is 12.1 Å². The second kappa shape index (κ2) is 6.96. The minimum absolute atomic E-state index is 0.104. The van der Waals surface area contributed by atoms with Crippen molar-refractivity contribution in [3.8, 4) is 0 Å². The van der Waals surface area contributed by atoms with E-state index in [0.29, 0.717) is 24.6 Å². The average Bonchev–Trinajstić information content (AvgIpc) is 3.11. The molecule has 26 heavy (non-hydrogen) atoms. The van der Waals surface area contributed by atoms with Crippen LogP contribution in [0.3, 0.4) is 0 Å². The largest absolute Gasteiger partial charge is 0.364 e. The zero-order valence-electron chi connectivity index (χ0n) is 14.6. The van der Waals surface area contributed by atoms with Crippen LogP contribution in [0.4, 0.5) is 11.5 Å². The molecule has 0 saturated carbocycles. The summed E-state index contributed by atoms with van der Waals surface area (Å²) >= 11 is 0. The Balaban J connectivity index is 1.45. The Labute approximate surface area is 152 Å². The number of aromatic nitrogens is 2. The third kappa shape index (κ3) is 3.16. The van der Waals surface area contributed by atoms with Crippen molar-refractivity contribution in [2.45, 2.75) is 19.9 Å². The zero-order valence-corrected chi connectivity index (χ0v) is 14.6. The highest BCUT2D eigenvalue weighted by Crippen LogP contribution is 2.28. The van der Waals surface area contributed by atoms with Crippen LogP contribution in [0, 0.1) is 6.92 Å². The van der Waals surface area contributed by atoms with Crippen LogP contribution in [0.1, 0.15) is 27.2 Å². The summed E-state index contributed by atoms with van der Waals surface area (Å²) < 4.78 is 0. The van der Waals surface area contributed by atoms with Crippen molar-refractivity contribution in [3.63, 3.8) is 0 Å². The van der Waals surface area contributed by atoms with E-state index in [-0.39, 0.29) is 5.91 Å². The Morgan fingerprint density at radius 1 is 1.04 bits per heavy atom. The molecular weight excluding hydrogens is 324 g/mol. The van der Waals surface area contributed by atoms with E-state index in [4.69, 9.17) is 0 Å². The Morgan fingerprint density at radius 2 is 1.85 bits per heavy atom. The fraction of sp³-hybridized carbons (Fsp3) is 0.190. The molecule has 0 spiro atoms. The summed E-state index contributed by atoms with van der Waals surface area (Å²) in [4.78, 5) is 14.5. The molecule has 1 aromatic heterocycles. The average molecular weight is 344 g/mol. The predicted octanol–water partition coefficient (Wildman–Crippen LogP) is 3.60. The van der Waals surface area contributed by atoms with E-state index < -0.39 is 0 Å². The van der Waals surface area contributed by atoms with E-state index in [1.54, 1.807) is 17.0 Å². The number of nitrogens with one attached hydrogen (secondary N) is 1. The van der Waals surface area contributed by atoms with Gasteiger partial charge in [-0.3, -0.25) is 4.79 Å². The molecule has 130 valence electrons. The molecule has 0 aliphatic carbocycles. The molecule has 2 aromatic carbocycles. The summed E-state index contributed by atoms with van der Waals surface area (Å²) in [6.07, 6.45) is 0.880. The SMILES string of the molecule is Cc1ccccc1CNc1ccc(C(=O)N2CCc3ccccc32)nn1. The summed E-state index contributed by atoms with van der Waals surface area (Å²) in [7, 11) is 0. The molecule has 4 rings (SSSR count). The number of carbonyl (C=O) groups is 1. The van der Waals surface area contributed by atoms with Crippen LogP contribution in [0.25, 0.3) is 0 Å². The topological polar surface area (TPSA) is 58.1 Å². The Kier molecular flexibility index (Phi) is 4.35. The zero-order chi connectivity index (χ0) is 17.9. The highest BCUT2D eigenvalue weighted by Gasteiger charge is 2.26. The van der Waals surface area contributed by atoms with Gasteiger partial charge in [-0.2, -0.15) is 0 Å². The van der Waals surface area contributed by atoms with Gasteiger partial charge in [-0.1, -0.05) is 42.5 Å². The molecule has 1 aliphatic heterocycles. The first kappa shape index (κ1) is 16.3. The first-order valence-corrected chi connectivity index (χ1v) is 8.74. The van der Waals surface area contributed by atoms with Crippen molar-refractivity contribution in [1.82, 2.24) is 10.2 Å². The molecule has 3 aromatic rings. The molecule has 1 N–H and O–H groups in total. The standard InChI is InChI=1S/C21H20N4O/c1-15-6-2-3-8-17(15)14-22-20-11-10-18(23-24-20)21(26)25-13-12-16-7-4-5-9-19(16)25/h2-11H,12-14H2,1H3,(H,22,24). The lowest BCUT2D eigenvalue weighted by atomic mass is 10.1. The van der Waals surface area contributed by atoms with Gasteiger partial charge >= 0.3 is 0 Å². The number of hydrogen-bond donors (Lipinski definition) is 1. The summed E-state index contributed by atoms with van der Waals surface area (Å²) in [5.74, 6) is 0.555. The lowest BCUT2D eigenvalue weighted by Gasteiger charge is -2.16. The number of anilines is 2. The summed E-state index contributed by atoms with van der Waals surface area (Å²) in [6, 6.07) is 19.7. The van der Waals surface area contributed by atoms with Crippen molar-refractivity contribution < 1.29 is 4.79 Å².